The van der Waals surface area contributed by atoms with Crippen LogP contribution >= 0.6 is 11.3 Å². The Kier molecular flexibility index (Phi) is 4.48. The highest BCUT2D eigenvalue weighted by molar-refractivity contribution is 7.13. The first-order valence-electron chi connectivity index (χ1n) is 6.91. The quantitative estimate of drug-likeness (QED) is 0.870. The lowest BCUT2D eigenvalue weighted by atomic mass is 9.64. The predicted octanol–water partition coefficient (Wildman–Crippen LogP) is 2.50. The molecule has 0 saturated heterocycles. The molecule has 1 aliphatic carbocycles. The standard InChI is InChI=1S/C14H25N3OS/c1-6-18-12-7-11(14(12,2)3)15-8-10-9-19-13(16-10)17(4)5/h9,11-12,15H,6-8H2,1-5H3. The van der Waals surface area contributed by atoms with Crippen LogP contribution in [0.25, 0.3) is 0 Å². The van der Waals surface area contributed by atoms with Gasteiger partial charge in [0.1, 0.15) is 0 Å². The summed E-state index contributed by atoms with van der Waals surface area (Å²) >= 11 is 1.69. The van der Waals surface area contributed by atoms with Crippen molar-refractivity contribution in [2.24, 2.45) is 5.41 Å². The molecular formula is C14H25N3OS. The van der Waals surface area contributed by atoms with Crippen LogP contribution in [-0.4, -0.2) is 37.8 Å². The molecule has 1 aliphatic rings. The molecule has 108 valence electrons. The van der Waals surface area contributed by atoms with Crippen molar-refractivity contribution in [3.8, 4) is 0 Å². The maximum Gasteiger partial charge on any atom is 0.185 e. The van der Waals surface area contributed by atoms with Crippen LogP contribution < -0.4 is 10.2 Å². The molecular weight excluding hydrogens is 258 g/mol. The summed E-state index contributed by atoms with van der Waals surface area (Å²) in [5.41, 5.74) is 1.35. The molecule has 1 N–H and O–H groups in total. The molecule has 1 fully saturated rings. The topological polar surface area (TPSA) is 37.4 Å². The summed E-state index contributed by atoms with van der Waals surface area (Å²) in [4.78, 5) is 6.64. The van der Waals surface area contributed by atoms with E-state index in [1.54, 1.807) is 11.3 Å². The lowest BCUT2D eigenvalue weighted by Gasteiger charge is -2.51. The highest BCUT2D eigenvalue weighted by atomic mass is 32.1. The summed E-state index contributed by atoms with van der Waals surface area (Å²) in [6, 6.07) is 0.522. The minimum atomic E-state index is 0.219. The van der Waals surface area contributed by atoms with Crippen molar-refractivity contribution in [2.45, 2.75) is 45.9 Å². The van der Waals surface area contributed by atoms with Crippen LogP contribution in [0.4, 0.5) is 5.13 Å². The minimum absolute atomic E-state index is 0.219. The third kappa shape index (κ3) is 3.09. The molecule has 1 aromatic rings. The summed E-state index contributed by atoms with van der Waals surface area (Å²) in [5, 5.41) is 6.81. The van der Waals surface area contributed by atoms with Gasteiger partial charge in [-0.15, -0.1) is 11.3 Å². The second-order valence-electron chi connectivity index (χ2n) is 5.95. The average molecular weight is 283 g/mol. The molecule has 0 aliphatic heterocycles. The number of ether oxygens (including phenoxy) is 1. The molecule has 2 rings (SSSR count). The Labute approximate surface area is 120 Å². The van der Waals surface area contributed by atoms with Gasteiger partial charge in [0.05, 0.1) is 11.8 Å². The van der Waals surface area contributed by atoms with Crippen LogP contribution in [0.5, 0.6) is 0 Å². The van der Waals surface area contributed by atoms with Crippen molar-refractivity contribution < 1.29 is 4.74 Å². The van der Waals surface area contributed by atoms with E-state index in [0.717, 1.165) is 30.4 Å². The van der Waals surface area contributed by atoms with Crippen molar-refractivity contribution in [1.82, 2.24) is 10.3 Å². The fourth-order valence-electron chi connectivity index (χ4n) is 2.53. The summed E-state index contributed by atoms with van der Waals surface area (Å²) in [6.07, 6.45) is 1.49. The molecule has 1 saturated carbocycles. The molecule has 2 atom stereocenters. The maximum absolute atomic E-state index is 5.75. The number of rotatable bonds is 6. The van der Waals surface area contributed by atoms with Crippen molar-refractivity contribution in [3.05, 3.63) is 11.1 Å². The molecule has 1 aromatic heterocycles. The Morgan fingerprint density at radius 2 is 2.26 bits per heavy atom. The number of nitrogens with one attached hydrogen (secondary N) is 1. The van der Waals surface area contributed by atoms with Gasteiger partial charge in [0, 0.05) is 44.1 Å². The van der Waals surface area contributed by atoms with Crippen LogP contribution in [0.15, 0.2) is 5.38 Å². The molecule has 0 spiro atoms. The van der Waals surface area contributed by atoms with Crippen LogP contribution in [-0.2, 0) is 11.3 Å². The van der Waals surface area contributed by atoms with Crippen LogP contribution in [0.2, 0.25) is 0 Å². The van der Waals surface area contributed by atoms with Crippen molar-refractivity contribution in [3.63, 3.8) is 0 Å². The molecule has 0 aromatic carbocycles. The number of thiazole rings is 1. The second-order valence-corrected chi connectivity index (χ2v) is 6.79. The van der Waals surface area contributed by atoms with Crippen molar-refractivity contribution in [2.75, 3.05) is 25.6 Å². The first kappa shape index (κ1) is 14.8. The third-order valence-corrected chi connectivity index (χ3v) is 5.05. The molecule has 0 radical (unpaired) electrons. The molecule has 1 heterocycles. The third-order valence-electron chi connectivity index (χ3n) is 4.00. The summed E-state index contributed by atoms with van der Waals surface area (Å²) < 4.78 is 5.75. The van der Waals surface area contributed by atoms with Gasteiger partial charge >= 0.3 is 0 Å². The number of anilines is 1. The molecule has 0 amide bonds. The zero-order valence-electron chi connectivity index (χ0n) is 12.6. The Balaban J connectivity index is 1.83. The maximum atomic E-state index is 5.75. The van der Waals surface area contributed by atoms with E-state index >= 15 is 0 Å². The Bertz CT molecular complexity index is 417. The van der Waals surface area contributed by atoms with E-state index in [1.807, 2.05) is 19.0 Å². The first-order valence-corrected chi connectivity index (χ1v) is 7.79. The van der Waals surface area contributed by atoms with Gasteiger partial charge in [-0.05, 0) is 13.3 Å². The van der Waals surface area contributed by atoms with Gasteiger partial charge in [0.15, 0.2) is 5.13 Å². The van der Waals surface area contributed by atoms with E-state index in [4.69, 9.17) is 4.74 Å². The number of hydrogen-bond acceptors (Lipinski definition) is 5. The zero-order valence-corrected chi connectivity index (χ0v) is 13.4. The highest BCUT2D eigenvalue weighted by Crippen LogP contribution is 2.42. The number of hydrogen-bond donors (Lipinski definition) is 1. The number of nitrogens with zero attached hydrogens (tertiary/aromatic N) is 2. The number of aromatic nitrogens is 1. The summed E-state index contributed by atoms with van der Waals surface area (Å²) in [5.74, 6) is 0. The van der Waals surface area contributed by atoms with Crippen LogP contribution in [0.1, 0.15) is 32.9 Å². The van der Waals surface area contributed by atoms with E-state index in [1.165, 1.54) is 0 Å². The molecule has 2 unspecified atom stereocenters. The van der Waals surface area contributed by atoms with Gasteiger partial charge in [-0.3, -0.25) is 0 Å². The fourth-order valence-corrected chi connectivity index (χ4v) is 3.28. The van der Waals surface area contributed by atoms with Crippen molar-refractivity contribution in [1.29, 1.82) is 0 Å². The van der Waals surface area contributed by atoms with Crippen molar-refractivity contribution >= 4 is 16.5 Å². The zero-order chi connectivity index (χ0) is 14.0. The normalized spacial score (nSPS) is 25.1. The van der Waals surface area contributed by atoms with E-state index in [2.05, 4.69) is 36.5 Å². The van der Waals surface area contributed by atoms with Gasteiger partial charge in [-0.1, -0.05) is 13.8 Å². The average Bonchev–Trinajstić information content (AvgIpc) is 2.81. The fraction of sp³-hybridized carbons (Fsp3) is 0.786. The largest absolute Gasteiger partial charge is 0.378 e. The Morgan fingerprint density at radius 3 is 2.79 bits per heavy atom. The minimum Gasteiger partial charge on any atom is -0.378 e. The Hall–Kier alpha value is -0.650. The first-order chi connectivity index (χ1) is 8.95. The second kappa shape index (κ2) is 5.77. The van der Waals surface area contributed by atoms with E-state index < -0.39 is 0 Å². The lowest BCUT2D eigenvalue weighted by molar-refractivity contribution is -0.114. The summed E-state index contributed by atoms with van der Waals surface area (Å²) in [6.45, 7) is 8.27. The molecule has 0 bridgehead atoms. The van der Waals surface area contributed by atoms with Gasteiger partial charge in [0.2, 0.25) is 0 Å². The highest BCUT2D eigenvalue weighted by Gasteiger charge is 2.48. The molecule has 5 heteroatoms. The summed E-state index contributed by atoms with van der Waals surface area (Å²) in [7, 11) is 4.05. The monoisotopic (exact) mass is 283 g/mol. The Morgan fingerprint density at radius 1 is 1.53 bits per heavy atom. The SMILES string of the molecule is CCOC1CC(NCc2csc(N(C)C)n2)C1(C)C. The van der Waals surface area contributed by atoms with Crippen LogP contribution in [0, 0.1) is 5.41 Å². The van der Waals surface area contributed by atoms with Gasteiger partial charge in [-0.25, -0.2) is 4.98 Å². The van der Waals surface area contributed by atoms with Crippen LogP contribution in [0.3, 0.4) is 0 Å². The smallest absolute Gasteiger partial charge is 0.185 e. The lowest BCUT2D eigenvalue weighted by Crippen LogP contribution is -2.60. The molecule has 19 heavy (non-hydrogen) atoms. The van der Waals surface area contributed by atoms with Gasteiger partial charge < -0.3 is 15.0 Å². The van der Waals surface area contributed by atoms with E-state index in [0.29, 0.717) is 12.1 Å². The molecule has 4 nitrogen and oxygen atoms in total. The predicted molar refractivity (Wildman–Crippen MR) is 80.9 cm³/mol. The van der Waals surface area contributed by atoms with E-state index in [9.17, 15) is 0 Å². The van der Waals surface area contributed by atoms with Gasteiger partial charge in [0.25, 0.3) is 0 Å². The van der Waals surface area contributed by atoms with Gasteiger partial charge in [-0.2, -0.15) is 0 Å². The van der Waals surface area contributed by atoms with E-state index in [-0.39, 0.29) is 5.41 Å².